The Balaban J connectivity index is 1.80. The number of rotatable bonds is 7. The van der Waals surface area contributed by atoms with Crippen LogP contribution in [0, 0.1) is 0 Å². The Kier molecular flexibility index (Phi) is 6.72. The van der Waals surface area contributed by atoms with Gasteiger partial charge in [0.15, 0.2) is 6.61 Å². The van der Waals surface area contributed by atoms with Gasteiger partial charge in [0.05, 0.1) is 12.1 Å². The van der Waals surface area contributed by atoms with Crippen molar-refractivity contribution in [2.75, 3.05) is 17.7 Å². The molecule has 0 unspecified atom stereocenters. The number of Topliss-reactive ketones (excluding diaryl/α,β-unsaturated/α-hetero) is 1. The Labute approximate surface area is 187 Å². The van der Waals surface area contributed by atoms with Gasteiger partial charge in [0.25, 0.3) is 5.56 Å². The maximum absolute atomic E-state index is 12.7. The number of esters is 1. The number of benzene rings is 2. The van der Waals surface area contributed by atoms with Crippen LogP contribution < -0.4 is 28.0 Å². The highest BCUT2D eigenvalue weighted by Gasteiger charge is 2.23. The van der Waals surface area contributed by atoms with Crippen molar-refractivity contribution >= 4 is 29.3 Å². The summed E-state index contributed by atoms with van der Waals surface area (Å²) >= 11 is 0. The quantitative estimate of drug-likeness (QED) is 0.351. The van der Waals surface area contributed by atoms with E-state index < -0.39 is 41.2 Å². The Morgan fingerprint density at radius 1 is 1.00 bits per heavy atom. The topological polar surface area (TPSA) is 169 Å². The minimum absolute atomic E-state index is 0.0470. The van der Waals surface area contributed by atoms with E-state index in [0.717, 1.165) is 14.7 Å². The molecule has 0 fully saturated rings. The molecule has 0 aliphatic heterocycles. The summed E-state index contributed by atoms with van der Waals surface area (Å²) < 4.78 is 6.90. The van der Waals surface area contributed by atoms with Gasteiger partial charge in [-0.3, -0.25) is 18.7 Å². The largest absolute Gasteiger partial charge is 0.454 e. The monoisotopic (exact) mass is 451 g/mol. The van der Waals surface area contributed by atoms with Crippen LogP contribution in [0.5, 0.6) is 0 Å². The highest BCUT2D eigenvalue weighted by Crippen LogP contribution is 2.12. The molecular formula is C22H21N5O6. The summed E-state index contributed by atoms with van der Waals surface area (Å²) in [6.45, 7) is -0.714. The van der Waals surface area contributed by atoms with Crippen LogP contribution in [0.15, 0.2) is 64.2 Å². The molecule has 1 heterocycles. The maximum atomic E-state index is 12.7. The highest BCUT2D eigenvalue weighted by molar-refractivity contribution is 6.02. The number of urea groups is 1. The van der Waals surface area contributed by atoms with Gasteiger partial charge < -0.3 is 21.5 Å². The van der Waals surface area contributed by atoms with Gasteiger partial charge in [-0.2, -0.15) is 0 Å². The molecule has 0 atom stereocenters. The van der Waals surface area contributed by atoms with Crippen molar-refractivity contribution in [3.05, 3.63) is 92.1 Å². The summed E-state index contributed by atoms with van der Waals surface area (Å²) in [5.74, 6) is -1.99. The van der Waals surface area contributed by atoms with E-state index in [4.69, 9.17) is 16.2 Å². The number of carbonyl (C=O) groups is 3. The first kappa shape index (κ1) is 23.0. The van der Waals surface area contributed by atoms with E-state index in [-0.39, 0.29) is 17.9 Å². The van der Waals surface area contributed by atoms with Crippen molar-refractivity contribution in [1.29, 1.82) is 0 Å². The summed E-state index contributed by atoms with van der Waals surface area (Å²) in [7, 11) is 1.23. The molecule has 33 heavy (non-hydrogen) atoms. The van der Waals surface area contributed by atoms with Gasteiger partial charge in [0.1, 0.15) is 11.4 Å². The zero-order valence-corrected chi connectivity index (χ0v) is 17.6. The molecule has 0 saturated heterocycles. The van der Waals surface area contributed by atoms with Gasteiger partial charge in [-0.1, -0.05) is 30.3 Å². The van der Waals surface area contributed by atoms with Gasteiger partial charge in [0.2, 0.25) is 5.78 Å². The molecule has 11 nitrogen and oxygen atoms in total. The van der Waals surface area contributed by atoms with Crippen LogP contribution in [-0.4, -0.2) is 33.5 Å². The first-order valence-corrected chi connectivity index (χ1v) is 9.69. The Hall–Kier alpha value is -4.67. The molecule has 3 rings (SSSR count). The number of nitrogens with two attached hydrogens (primary N) is 2. The molecule has 0 spiro atoms. The van der Waals surface area contributed by atoms with Gasteiger partial charge in [-0.05, 0) is 29.8 Å². The number of hydrogen-bond donors (Lipinski definition) is 3. The van der Waals surface area contributed by atoms with Crippen LogP contribution >= 0.6 is 0 Å². The van der Waals surface area contributed by atoms with E-state index in [2.05, 4.69) is 5.32 Å². The van der Waals surface area contributed by atoms with Crippen molar-refractivity contribution in [1.82, 2.24) is 9.13 Å². The third-order valence-electron chi connectivity index (χ3n) is 4.77. The molecule has 0 aliphatic rings. The molecule has 2 amide bonds. The predicted molar refractivity (Wildman–Crippen MR) is 120 cm³/mol. The zero-order valence-electron chi connectivity index (χ0n) is 17.6. The Morgan fingerprint density at radius 3 is 2.24 bits per heavy atom. The number of anilines is 2. The molecule has 170 valence electrons. The standard InChI is InChI=1S/C22H21N5O6/c1-26-19(29)17(18(23)27(22(26)32)11-13-5-3-2-4-6-13)16(28)12-33-20(30)14-7-9-15(10-8-14)25-21(24)31/h2-10H,11-12,23H2,1H3,(H3,24,25,31). The number of hydrogen-bond acceptors (Lipinski definition) is 7. The van der Waals surface area contributed by atoms with Crippen LogP contribution in [-0.2, 0) is 18.3 Å². The van der Waals surface area contributed by atoms with Crippen molar-refractivity contribution in [2.24, 2.45) is 12.8 Å². The van der Waals surface area contributed by atoms with Crippen LogP contribution in [0.1, 0.15) is 26.3 Å². The molecule has 11 heteroatoms. The van der Waals surface area contributed by atoms with Gasteiger partial charge in [0, 0.05) is 12.7 Å². The normalized spacial score (nSPS) is 10.5. The summed E-state index contributed by atoms with van der Waals surface area (Å²) in [5.41, 5.74) is 10.2. The van der Waals surface area contributed by atoms with Crippen LogP contribution in [0.25, 0.3) is 0 Å². The number of amides is 2. The first-order valence-electron chi connectivity index (χ1n) is 9.69. The zero-order chi connectivity index (χ0) is 24.1. The maximum Gasteiger partial charge on any atom is 0.338 e. The SMILES string of the molecule is Cn1c(=O)c(C(=O)COC(=O)c2ccc(NC(N)=O)cc2)c(N)n(Cc2ccccc2)c1=O. The lowest BCUT2D eigenvalue weighted by atomic mass is 10.1. The lowest BCUT2D eigenvalue weighted by molar-refractivity contribution is 0.0474. The van der Waals surface area contributed by atoms with Crippen molar-refractivity contribution in [2.45, 2.75) is 6.54 Å². The van der Waals surface area contributed by atoms with Crippen LogP contribution in [0.3, 0.4) is 0 Å². The molecule has 3 aromatic rings. The summed E-state index contributed by atoms with van der Waals surface area (Å²) in [4.78, 5) is 60.9. The molecular weight excluding hydrogens is 430 g/mol. The average Bonchev–Trinajstić information content (AvgIpc) is 2.80. The lowest BCUT2D eigenvalue weighted by Gasteiger charge is -2.14. The Bertz CT molecular complexity index is 1330. The van der Waals surface area contributed by atoms with E-state index in [1.807, 2.05) is 6.07 Å². The second-order valence-corrected chi connectivity index (χ2v) is 7.04. The van der Waals surface area contributed by atoms with E-state index in [1.165, 1.54) is 31.3 Å². The smallest absolute Gasteiger partial charge is 0.338 e. The number of primary amides is 1. The fourth-order valence-electron chi connectivity index (χ4n) is 3.08. The van der Waals surface area contributed by atoms with Crippen LogP contribution in [0.2, 0.25) is 0 Å². The predicted octanol–water partition coefficient (Wildman–Crippen LogP) is 0.708. The van der Waals surface area contributed by atoms with Gasteiger partial charge in [-0.15, -0.1) is 0 Å². The fourth-order valence-corrected chi connectivity index (χ4v) is 3.08. The van der Waals surface area contributed by atoms with Crippen LogP contribution in [0.4, 0.5) is 16.3 Å². The van der Waals surface area contributed by atoms with E-state index >= 15 is 0 Å². The Morgan fingerprint density at radius 2 is 1.64 bits per heavy atom. The van der Waals surface area contributed by atoms with E-state index in [9.17, 15) is 24.0 Å². The van der Waals surface area contributed by atoms with Crippen molar-refractivity contribution in [3.8, 4) is 0 Å². The third-order valence-corrected chi connectivity index (χ3v) is 4.77. The molecule has 0 radical (unpaired) electrons. The van der Waals surface area contributed by atoms with E-state index in [0.29, 0.717) is 5.69 Å². The number of nitrogens with one attached hydrogen (secondary N) is 1. The third kappa shape index (κ3) is 5.15. The minimum atomic E-state index is -0.885. The summed E-state index contributed by atoms with van der Waals surface area (Å²) in [6.07, 6.45) is 0. The minimum Gasteiger partial charge on any atom is -0.454 e. The molecule has 0 saturated carbocycles. The van der Waals surface area contributed by atoms with Gasteiger partial charge in [-0.25, -0.2) is 14.4 Å². The van der Waals surface area contributed by atoms with Crippen molar-refractivity contribution < 1.29 is 19.1 Å². The molecule has 1 aromatic heterocycles. The van der Waals surface area contributed by atoms with Crippen molar-refractivity contribution in [3.63, 3.8) is 0 Å². The number of carbonyl (C=O) groups excluding carboxylic acids is 3. The molecule has 2 aromatic carbocycles. The highest BCUT2D eigenvalue weighted by atomic mass is 16.5. The number of aromatic nitrogens is 2. The number of nitrogens with zero attached hydrogens (tertiary/aromatic N) is 2. The first-order chi connectivity index (χ1) is 15.7. The lowest BCUT2D eigenvalue weighted by Crippen LogP contribution is -2.43. The number of ether oxygens (including phenoxy) is 1. The van der Waals surface area contributed by atoms with Gasteiger partial charge >= 0.3 is 17.7 Å². The summed E-state index contributed by atoms with van der Waals surface area (Å²) in [6, 6.07) is 13.7. The average molecular weight is 451 g/mol. The fraction of sp³-hybridized carbons (Fsp3) is 0.136. The van der Waals surface area contributed by atoms with E-state index in [1.54, 1.807) is 24.3 Å². The number of ketones is 1. The molecule has 5 N–H and O–H groups in total. The molecule has 0 aliphatic carbocycles. The second-order valence-electron chi connectivity index (χ2n) is 7.04. The summed E-state index contributed by atoms with van der Waals surface area (Å²) in [5, 5.41) is 2.34. The second kappa shape index (κ2) is 9.64. The number of nitrogen functional groups attached to an aromatic ring is 1. The molecule has 0 bridgehead atoms.